The van der Waals surface area contributed by atoms with E-state index in [9.17, 15) is 4.79 Å². The van der Waals surface area contributed by atoms with E-state index in [1.54, 1.807) is 4.90 Å². The summed E-state index contributed by atoms with van der Waals surface area (Å²) in [5, 5.41) is 16.5. The highest BCUT2D eigenvalue weighted by Gasteiger charge is 2.26. The summed E-state index contributed by atoms with van der Waals surface area (Å²) in [7, 11) is 1.00. The third-order valence-corrected chi connectivity index (χ3v) is 4.94. The number of carbonyl (C=O) groups excluding carboxylic acids is 1. The Morgan fingerprint density at radius 3 is 2.36 bits per heavy atom. The summed E-state index contributed by atoms with van der Waals surface area (Å²) in [5.41, 5.74) is 6.84. The molecule has 1 aromatic rings. The number of aliphatic hydroxyl groups is 2. The first-order valence-corrected chi connectivity index (χ1v) is 8.31. The third kappa shape index (κ3) is 5.61. The molecule has 124 valence electrons. The number of amides is 1. The fraction of sp³-hybridized carbons (Fsp3) is 0.562. The molecule has 2 rings (SSSR count). The average Bonchev–Trinajstić information content (AvgIpc) is 2.58. The molecule has 0 spiro atoms. The number of hydrogen-bond donors (Lipinski definition) is 3. The lowest BCUT2D eigenvalue weighted by Crippen LogP contribution is -2.49. The van der Waals surface area contributed by atoms with Gasteiger partial charge in [0.1, 0.15) is 6.04 Å². The zero-order valence-corrected chi connectivity index (χ0v) is 14.1. The van der Waals surface area contributed by atoms with Crippen molar-refractivity contribution < 1.29 is 15.0 Å². The molecule has 0 unspecified atom stereocenters. The van der Waals surface area contributed by atoms with Crippen LogP contribution < -0.4 is 5.73 Å². The van der Waals surface area contributed by atoms with Crippen molar-refractivity contribution in [3.63, 3.8) is 0 Å². The zero-order valence-electron chi connectivity index (χ0n) is 13.2. The van der Waals surface area contributed by atoms with Crippen molar-refractivity contribution in [1.29, 1.82) is 0 Å². The second-order valence-electron chi connectivity index (χ2n) is 5.24. The van der Waals surface area contributed by atoms with Crippen LogP contribution in [0.1, 0.15) is 18.4 Å². The lowest BCUT2D eigenvalue weighted by atomic mass is 10.1. The van der Waals surface area contributed by atoms with E-state index in [-0.39, 0.29) is 12.5 Å². The molecule has 1 aromatic carbocycles. The number of aliphatic hydroxyl groups excluding tert-OH is 2. The van der Waals surface area contributed by atoms with Crippen molar-refractivity contribution in [1.82, 2.24) is 4.90 Å². The topological polar surface area (TPSA) is 86.8 Å². The molecule has 0 radical (unpaired) electrons. The maximum absolute atomic E-state index is 11.9. The van der Waals surface area contributed by atoms with Gasteiger partial charge in [-0.2, -0.15) is 0 Å². The molecule has 5 nitrogen and oxygen atoms in total. The van der Waals surface area contributed by atoms with Crippen LogP contribution in [0.2, 0.25) is 0 Å². The zero-order chi connectivity index (χ0) is 16.5. The van der Waals surface area contributed by atoms with Crippen molar-refractivity contribution in [2.24, 2.45) is 5.73 Å². The van der Waals surface area contributed by atoms with Crippen LogP contribution in [0.5, 0.6) is 0 Å². The average molecular weight is 326 g/mol. The molecular weight excluding hydrogens is 300 g/mol. The van der Waals surface area contributed by atoms with Crippen molar-refractivity contribution in [2.45, 2.75) is 36.0 Å². The highest BCUT2D eigenvalue weighted by atomic mass is 32.2. The van der Waals surface area contributed by atoms with Gasteiger partial charge in [-0.25, -0.2) is 0 Å². The van der Waals surface area contributed by atoms with Gasteiger partial charge in [0, 0.05) is 30.3 Å². The van der Waals surface area contributed by atoms with Crippen molar-refractivity contribution in [3.8, 4) is 0 Å². The maximum atomic E-state index is 11.9. The predicted octanol–water partition coefficient (Wildman–Crippen LogP) is 1.01. The first kappa shape index (κ1) is 19.0. The van der Waals surface area contributed by atoms with Gasteiger partial charge in [0.15, 0.2) is 0 Å². The molecule has 1 heterocycles. The fourth-order valence-electron chi connectivity index (χ4n) is 2.32. The van der Waals surface area contributed by atoms with E-state index in [2.05, 4.69) is 31.2 Å². The van der Waals surface area contributed by atoms with E-state index in [0.29, 0.717) is 5.25 Å². The van der Waals surface area contributed by atoms with E-state index in [0.717, 1.165) is 33.0 Å². The molecule has 1 saturated heterocycles. The van der Waals surface area contributed by atoms with Gasteiger partial charge in [0.05, 0.1) is 6.61 Å². The molecule has 1 atom stereocenters. The van der Waals surface area contributed by atoms with Crippen LogP contribution in [0.3, 0.4) is 0 Å². The van der Waals surface area contributed by atoms with Gasteiger partial charge < -0.3 is 20.8 Å². The monoisotopic (exact) mass is 326 g/mol. The predicted molar refractivity (Wildman–Crippen MR) is 89.8 cm³/mol. The summed E-state index contributed by atoms with van der Waals surface area (Å²) < 4.78 is 0. The molecule has 22 heavy (non-hydrogen) atoms. The van der Waals surface area contributed by atoms with Crippen LogP contribution in [-0.4, -0.2) is 59.1 Å². The Morgan fingerprint density at radius 2 is 1.86 bits per heavy atom. The molecule has 4 N–H and O–H groups in total. The van der Waals surface area contributed by atoms with Crippen molar-refractivity contribution >= 4 is 17.7 Å². The second-order valence-corrected chi connectivity index (χ2v) is 6.62. The number of nitrogens with two attached hydrogens (primary N) is 1. The summed E-state index contributed by atoms with van der Waals surface area (Å²) in [6.45, 7) is 3.27. The lowest BCUT2D eigenvalue weighted by Gasteiger charge is -2.33. The van der Waals surface area contributed by atoms with Crippen LogP contribution >= 0.6 is 11.8 Å². The minimum Gasteiger partial charge on any atom is -0.400 e. The molecule has 1 aliphatic rings. The maximum Gasteiger partial charge on any atom is 0.241 e. The SMILES string of the molecule is CO.Cc1ccc(SC2CCN(C(=O)[C@H](N)CO)CC2)cc1. The quantitative estimate of drug-likeness (QED) is 0.768. The summed E-state index contributed by atoms with van der Waals surface area (Å²) >= 11 is 1.88. The molecule has 1 fully saturated rings. The van der Waals surface area contributed by atoms with E-state index >= 15 is 0 Å². The largest absolute Gasteiger partial charge is 0.400 e. The summed E-state index contributed by atoms with van der Waals surface area (Å²) in [6, 6.07) is 7.79. The number of nitrogens with zero attached hydrogens (tertiary/aromatic N) is 1. The van der Waals surface area contributed by atoms with Crippen LogP contribution in [0, 0.1) is 6.92 Å². The van der Waals surface area contributed by atoms with Gasteiger partial charge in [-0.3, -0.25) is 4.79 Å². The minimum atomic E-state index is -0.767. The summed E-state index contributed by atoms with van der Waals surface area (Å²) in [5.74, 6) is -0.133. The third-order valence-electron chi connectivity index (χ3n) is 3.59. The van der Waals surface area contributed by atoms with Crippen LogP contribution in [-0.2, 0) is 4.79 Å². The molecular formula is C16H26N2O3S. The molecule has 6 heteroatoms. The smallest absolute Gasteiger partial charge is 0.241 e. The Bertz CT molecular complexity index is 445. The molecule has 1 aliphatic heterocycles. The van der Waals surface area contributed by atoms with Crippen LogP contribution in [0.4, 0.5) is 0 Å². The Labute approximate surface area is 136 Å². The number of rotatable bonds is 4. The van der Waals surface area contributed by atoms with E-state index in [4.69, 9.17) is 15.9 Å². The molecule has 0 saturated carbocycles. The number of thioether (sulfide) groups is 1. The molecule has 0 bridgehead atoms. The number of aryl methyl sites for hydroxylation is 1. The van der Waals surface area contributed by atoms with Gasteiger partial charge in [-0.15, -0.1) is 11.8 Å². The Balaban J connectivity index is 0.00000116. The molecule has 0 aromatic heterocycles. The first-order chi connectivity index (χ1) is 10.6. The van der Waals surface area contributed by atoms with E-state index < -0.39 is 6.04 Å². The first-order valence-electron chi connectivity index (χ1n) is 7.43. The lowest BCUT2D eigenvalue weighted by molar-refractivity contribution is -0.134. The number of carbonyl (C=O) groups is 1. The Morgan fingerprint density at radius 1 is 1.32 bits per heavy atom. The standard InChI is InChI=1S/C15H22N2O2S.CH4O/c1-11-2-4-12(5-3-11)20-13-6-8-17(9-7-13)15(19)14(16)10-18;1-2/h2-5,13-14,18H,6-10,16H2,1H3;2H,1H3/t14-;/m1./s1. The normalized spacial score (nSPS) is 16.7. The highest BCUT2D eigenvalue weighted by molar-refractivity contribution is 8.00. The number of likely N-dealkylation sites (tertiary alicyclic amines) is 1. The van der Waals surface area contributed by atoms with Gasteiger partial charge in [-0.05, 0) is 31.9 Å². The van der Waals surface area contributed by atoms with Gasteiger partial charge >= 0.3 is 0 Å². The van der Waals surface area contributed by atoms with Crippen molar-refractivity contribution in [2.75, 3.05) is 26.8 Å². The Kier molecular flexibility index (Phi) is 8.48. The minimum absolute atomic E-state index is 0.133. The van der Waals surface area contributed by atoms with Crippen LogP contribution in [0.15, 0.2) is 29.2 Å². The van der Waals surface area contributed by atoms with E-state index in [1.165, 1.54) is 10.5 Å². The van der Waals surface area contributed by atoms with Gasteiger partial charge in [0.25, 0.3) is 0 Å². The van der Waals surface area contributed by atoms with Gasteiger partial charge in [-0.1, -0.05) is 17.7 Å². The second kappa shape index (κ2) is 9.84. The van der Waals surface area contributed by atoms with E-state index in [1.807, 2.05) is 11.8 Å². The summed E-state index contributed by atoms with van der Waals surface area (Å²) in [4.78, 5) is 14.9. The van der Waals surface area contributed by atoms with Crippen molar-refractivity contribution in [3.05, 3.63) is 29.8 Å². The Hall–Kier alpha value is -1.08. The summed E-state index contributed by atoms with van der Waals surface area (Å²) in [6.07, 6.45) is 1.95. The molecule has 1 amide bonds. The fourth-order valence-corrected chi connectivity index (χ4v) is 3.44. The number of benzene rings is 1. The highest BCUT2D eigenvalue weighted by Crippen LogP contribution is 2.30. The molecule has 0 aliphatic carbocycles. The van der Waals surface area contributed by atoms with Crippen LogP contribution in [0.25, 0.3) is 0 Å². The number of piperidine rings is 1. The van der Waals surface area contributed by atoms with Gasteiger partial charge in [0.2, 0.25) is 5.91 Å². The number of hydrogen-bond acceptors (Lipinski definition) is 5.